The second-order valence-corrected chi connectivity index (χ2v) is 11.1. The Balaban J connectivity index is 1.25. The molecule has 0 unspecified atom stereocenters. The summed E-state index contributed by atoms with van der Waals surface area (Å²) >= 11 is 12.3. The topological polar surface area (TPSA) is 127 Å². The number of halogens is 2. The van der Waals surface area contributed by atoms with Gasteiger partial charge in [-0.1, -0.05) is 35.4 Å². The lowest BCUT2D eigenvalue weighted by atomic mass is 9.85. The van der Waals surface area contributed by atoms with Gasteiger partial charge in [0.05, 0.1) is 27.3 Å². The van der Waals surface area contributed by atoms with Gasteiger partial charge < -0.3 is 4.74 Å². The van der Waals surface area contributed by atoms with Gasteiger partial charge in [-0.25, -0.2) is 5.01 Å². The number of rotatable bonds is 8. The van der Waals surface area contributed by atoms with E-state index in [4.69, 9.17) is 27.9 Å². The van der Waals surface area contributed by atoms with Crippen molar-refractivity contribution in [2.24, 2.45) is 23.7 Å². The number of allylic oxidation sites excluding steroid dienone is 2. The van der Waals surface area contributed by atoms with Crippen molar-refractivity contribution in [3.8, 4) is 11.5 Å². The molecular weight excluding hydrogens is 585 g/mol. The maximum Gasteiger partial charge on any atom is 0.274 e. The number of nitro groups is 1. The maximum atomic E-state index is 13.8. The predicted molar refractivity (Wildman–Crippen MR) is 151 cm³/mol. The lowest BCUT2D eigenvalue weighted by molar-refractivity contribution is -0.384. The average molecular weight is 606 g/mol. The minimum atomic E-state index is -0.787. The zero-order chi connectivity index (χ0) is 29.7. The second-order valence-electron chi connectivity index (χ2n) is 10.3. The molecule has 0 spiro atoms. The van der Waals surface area contributed by atoms with Crippen molar-refractivity contribution < 1.29 is 28.8 Å². The zero-order valence-electron chi connectivity index (χ0n) is 21.7. The van der Waals surface area contributed by atoms with Crippen molar-refractivity contribution in [2.75, 3.05) is 6.54 Å². The molecular formula is C30H21Cl2N3O7. The SMILES string of the molecule is O=C(CN(C(=O)c1ccc(Cl)cc1Cl)N1C(=O)[C@@H]2[C@@H](C1=O)[C@H]1C=C[C@H]2C1)c1ccc(Oc2ccc([N+](=O)[O-])cc2)cc1. The highest BCUT2D eigenvalue weighted by molar-refractivity contribution is 6.36. The summed E-state index contributed by atoms with van der Waals surface area (Å²) in [5.74, 6) is -2.95. The number of nitrogens with zero attached hydrogens (tertiary/aromatic N) is 3. The van der Waals surface area contributed by atoms with Gasteiger partial charge in [0.15, 0.2) is 5.78 Å². The van der Waals surface area contributed by atoms with Crippen molar-refractivity contribution in [2.45, 2.75) is 6.42 Å². The highest BCUT2D eigenvalue weighted by Crippen LogP contribution is 2.52. The standard InChI is InChI=1S/C30H21Cl2N3O7/c31-19-5-12-23(24(32)14-19)28(37)33(34-29(38)26-17-1-2-18(13-17)27(26)30(34)39)15-25(36)16-3-8-21(9-4-16)42-22-10-6-20(7-11-22)35(40)41/h1-12,14,17-18,26-27H,13,15H2/t17-,18-,26-,27-/m0/s1. The smallest absolute Gasteiger partial charge is 0.274 e. The van der Waals surface area contributed by atoms with E-state index in [9.17, 15) is 29.3 Å². The number of hydrazine groups is 1. The fourth-order valence-corrected chi connectivity index (χ4v) is 6.36. The number of amides is 3. The number of Topliss-reactive ketones (excluding diaryl/α,β-unsaturated/α-hetero) is 1. The van der Waals surface area contributed by atoms with Gasteiger partial charge in [0, 0.05) is 22.7 Å². The number of ether oxygens (including phenoxy) is 1. The molecule has 1 aliphatic heterocycles. The molecule has 212 valence electrons. The van der Waals surface area contributed by atoms with Crippen LogP contribution in [-0.4, -0.2) is 45.0 Å². The molecule has 1 saturated carbocycles. The summed E-state index contributed by atoms with van der Waals surface area (Å²) in [5, 5.41) is 12.9. The molecule has 2 fully saturated rings. The Morgan fingerprint density at radius 3 is 2.02 bits per heavy atom. The molecule has 3 amide bonds. The van der Waals surface area contributed by atoms with Crippen molar-refractivity contribution in [1.29, 1.82) is 0 Å². The molecule has 10 nitrogen and oxygen atoms in total. The molecule has 0 aromatic heterocycles. The number of ketones is 1. The summed E-state index contributed by atoms with van der Waals surface area (Å²) in [6, 6.07) is 15.7. The lowest BCUT2D eigenvalue weighted by Gasteiger charge is -2.31. The summed E-state index contributed by atoms with van der Waals surface area (Å²) in [4.78, 5) is 64.7. The molecule has 2 bridgehead atoms. The molecule has 4 atom stereocenters. The van der Waals surface area contributed by atoms with E-state index in [0.717, 1.165) is 10.0 Å². The molecule has 0 N–H and O–H groups in total. The number of nitro benzene ring substituents is 1. The molecule has 1 saturated heterocycles. The molecule has 0 radical (unpaired) electrons. The fraction of sp³-hybridized carbons (Fsp3) is 0.200. The van der Waals surface area contributed by atoms with Gasteiger partial charge >= 0.3 is 0 Å². The molecule has 3 aliphatic rings. The van der Waals surface area contributed by atoms with Crippen molar-refractivity contribution in [1.82, 2.24) is 10.0 Å². The van der Waals surface area contributed by atoms with E-state index in [1.54, 1.807) is 0 Å². The predicted octanol–water partition coefficient (Wildman–Crippen LogP) is 5.74. The van der Waals surface area contributed by atoms with Crippen molar-refractivity contribution >= 4 is 52.4 Å². The Hall–Kier alpha value is -4.54. The van der Waals surface area contributed by atoms with Crippen LogP contribution in [-0.2, 0) is 9.59 Å². The van der Waals surface area contributed by atoms with Crippen LogP contribution in [0.2, 0.25) is 10.0 Å². The van der Waals surface area contributed by atoms with Gasteiger partial charge in [-0.05, 0) is 72.9 Å². The van der Waals surface area contributed by atoms with Crippen LogP contribution in [0.15, 0.2) is 78.9 Å². The van der Waals surface area contributed by atoms with Crippen LogP contribution in [0.1, 0.15) is 27.1 Å². The van der Waals surface area contributed by atoms with Crippen LogP contribution < -0.4 is 4.74 Å². The summed E-state index contributed by atoms with van der Waals surface area (Å²) in [6.07, 6.45) is 4.59. The number of hydrogen-bond acceptors (Lipinski definition) is 7. The van der Waals surface area contributed by atoms with Gasteiger partial charge in [0.25, 0.3) is 23.4 Å². The third-order valence-corrected chi connectivity index (χ3v) is 8.39. The number of carbonyl (C=O) groups is 4. The van der Waals surface area contributed by atoms with E-state index in [1.807, 2.05) is 12.2 Å². The van der Waals surface area contributed by atoms with Gasteiger partial charge in [-0.3, -0.25) is 29.3 Å². The average Bonchev–Trinajstić information content (AvgIpc) is 3.66. The monoisotopic (exact) mass is 605 g/mol. The van der Waals surface area contributed by atoms with E-state index < -0.39 is 46.8 Å². The first kappa shape index (κ1) is 27.6. The molecule has 6 rings (SSSR count). The van der Waals surface area contributed by atoms with Crippen molar-refractivity contribution in [3.05, 3.63) is 110 Å². The lowest BCUT2D eigenvalue weighted by Crippen LogP contribution is -2.52. The highest BCUT2D eigenvalue weighted by atomic mass is 35.5. The summed E-state index contributed by atoms with van der Waals surface area (Å²) in [6.45, 7) is -0.597. The first-order chi connectivity index (χ1) is 20.1. The Bertz CT molecular complexity index is 1640. The number of carbonyl (C=O) groups excluding carboxylic acids is 4. The van der Waals surface area contributed by atoms with Crippen LogP contribution in [0.25, 0.3) is 0 Å². The Morgan fingerprint density at radius 1 is 0.905 bits per heavy atom. The first-order valence-electron chi connectivity index (χ1n) is 13.0. The normalized spacial score (nSPS) is 21.9. The van der Waals surface area contributed by atoms with Crippen LogP contribution in [0.3, 0.4) is 0 Å². The minimum Gasteiger partial charge on any atom is -0.457 e. The second kappa shape index (κ2) is 10.7. The van der Waals surface area contributed by atoms with Gasteiger partial charge in [0.1, 0.15) is 18.0 Å². The van der Waals surface area contributed by atoms with Crippen molar-refractivity contribution in [3.63, 3.8) is 0 Å². The molecule has 42 heavy (non-hydrogen) atoms. The number of fused-ring (bicyclic) bond motifs is 5. The third-order valence-electron chi connectivity index (χ3n) is 7.84. The first-order valence-corrected chi connectivity index (χ1v) is 13.8. The van der Waals surface area contributed by atoms with Gasteiger partial charge in [-0.15, -0.1) is 0 Å². The van der Waals surface area contributed by atoms with Crippen LogP contribution in [0.4, 0.5) is 5.69 Å². The van der Waals surface area contributed by atoms with E-state index in [0.29, 0.717) is 22.9 Å². The summed E-state index contributed by atoms with van der Waals surface area (Å²) in [5.41, 5.74) is 0.108. The highest BCUT2D eigenvalue weighted by Gasteiger charge is 2.61. The number of non-ortho nitro benzene ring substituents is 1. The van der Waals surface area contributed by atoms with Crippen LogP contribution >= 0.6 is 23.2 Å². The van der Waals surface area contributed by atoms with Crippen LogP contribution in [0.5, 0.6) is 11.5 Å². The van der Waals surface area contributed by atoms with E-state index >= 15 is 0 Å². The maximum absolute atomic E-state index is 13.8. The molecule has 3 aromatic rings. The molecule has 1 heterocycles. The van der Waals surface area contributed by atoms with Crippen LogP contribution in [0, 0.1) is 33.8 Å². The Morgan fingerprint density at radius 2 is 1.48 bits per heavy atom. The molecule has 3 aromatic carbocycles. The Labute approximate surface area is 249 Å². The van der Waals surface area contributed by atoms with E-state index in [1.165, 1.54) is 66.7 Å². The summed E-state index contributed by atoms with van der Waals surface area (Å²) < 4.78 is 5.70. The van der Waals surface area contributed by atoms with Gasteiger partial charge in [-0.2, -0.15) is 5.01 Å². The largest absolute Gasteiger partial charge is 0.457 e. The number of hydrogen-bond donors (Lipinski definition) is 0. The molecule has 12 heteroatoms. The van der Waals surface area contributed by atoms with E-state index in [-0.39, 0.29) is 33.7 Å². The fourth-order valence-electron chi connectivity index (χ4n) is 5.87. The number of benzene rings is 3. The number of imide groups is 1. The summed E-state index contributed by atoms with van der Waals surface area (Å²) in [7, 11) is 0. The molecule has 2 aliphatic carbocycles. The van der Waals surface area contributed by atoms with E-state index in [2.05, 4.69) is 0 Å². The Kier molecular flexibility index (Phi) is 7.04. The zero-order valence-corrected chi connectivity index (χ0v) is 23.2. The van der Waals surface area contributed by atoms with Gasteiger partial charge in [0.2, 0.25) is 0 Å². The quantitative estimate of drug-likeness (QED) is 0.105. The minimum absolute atomic E-state index is 0.0127. The third kappa shape index (κ3) is 4.82.